The maximum absolute atomic E-state index is 13.5. The first-order valence-corrected chi connectivity index (χ1v) is 13.0. The number of hydrogen-bond donors (Lipinski definition) is 2. The Balaban J connectivity index is 1.82. The van der Waals surface area contributed by atoms with Crippen molar-refractivity contribution in [3.05, 3.63) is 23.2 Å². The van der Waals surface area contributed by atoms with Gasteiger partial charge in [0, 0.05) is 18.8 Å². The van der Waals surface area contributed by atoms with E-state index in [9.17, 15) is 14.4 Å². The van der Waals surface area contributed by atoms with Gasteiger partial charge in [-0.05, 0) is 63.6 Å². The van der Waals surface area contributed by atoms with Crippen LogP contribution in [0.2, 0.25) is 5.02 Å². The molecule has 3 N–H and O–H groups in total. The van der Waals surface area contributed by atoms with Crippen molar-refractivity contribution in [2.24, 2.45) is 17.7 Å². The fraction of sp³-hybridized carbons (Fsp3) is 0.640. The Morgan fingerprint density at radius 2 is 1.89 bits per heavy atom. The number of imide groups is 1. The second-order valence-corrected chi connectivity index (χ2v) is 10.2. The number of nitrogens with zero attached hydrogens (tertiary/aromatic N) is 3. The highest BCUT2D eigenvalue weighted by atomic mass is 35.5. The van der Waals surface area contributed by atoms with E-state index >= 15 is 0 Å². The van der Waals surface area contributed by atoms with E-state index in [1.165, 1.54) is 0 Å². The minimum Gasteiger partial charge on any atom is -0.489 e. The third-order valence-electron chi connectivity index (χ3n) is 6.51. The maximum Gasteiger partial charge on any atom is 0.345 e. The molecule has 2 fully saturated rings. The molecule has 36 heavy (non-hydrogen) atoms. The van der Waals surface area contributed by atoms with Gasteiger partial charge in [0.2, 0.25) is 0 Å². The van der Waals surface area contributed by atoms with Crippen molar-refractivity contribution < 1.29 is 23.9 Å². The van der Waals surface area contributed by atoms with Gasteiger partial charge in [0.25, 0.3) is 0 Å². The van der Waals surface area contributed by atoms with Crippen molar-refractivity contribution in [2.75, 3.05) is 25.0 Å². The number of nitrogens with two attached hydrogens (primary N) is 1. The van der Waals surface area contributed by atoms with E-state index in [0.717, 1.165) is 35.6 Å². The first-order chi connectivity index (χ1) is 17.1. The number of anilines is 1. The molecule has 2 aliphatic rings. The Morgan fingerprint density at radius 3 is 2.50 bits per heavy atom. The van der Waals surface area contributed by atoms with Crippen molar-refractivity contribution >= 4 is 35.3 Å². The van der Waals surface area contributed by atoms with E-state index in [1.807, 2.05) is 13.8 Å². The molecule has 11 heteroatoms. The van der Waals surface area contributed by atoms with Crippen LogP contribution in [-0.4, -0.2) is 64.9 Å². The SMILES string of the molecule is CCOC(=O)CCN1C(=O)N(N)C(Nc2ccc(OC(C)C)c(Cl)c2)N(CC2CCC(C)CC2)C1=O. The highest BCUT2D eigenvalue weighted by molar-refractivity contribution is 6.32. The summed E-state index contributed by atoms with van der Waals surface area (Å²) < 4.78 is 10.6. The van der Waals surface area contributed by atoms with Crippen LogP contribution in [-0.2, 0) is 9.53 Å². The predicted octanol–water partition coefficient (Wildman–Crippen LogP) is 4.64. The third-order valence-corrected chi connectivity index (χ3v) is 6.81. The van der Waals surface area contributed by atoms with Crippen LogP contribution in [0.1, 0.15) is 59.8 Å². The molecule has 1 heterocycles. The molecule has 1 aliphatic carbocycles. The summed E-state index contributed by atoms with van der Waals surface area (Å²) >= 11 is 6.40. The topological polar surface area (TPSA) is 117 Å². The standard InChI is InChI=1S/C25H38ClN5O5/c1-5-35-22(32)12-13-29-24(33)30(15-18-8-6-17(4)7-9-18)23(31(27)25(29)34)28-19-10-11-21(20(26)14-19)36-16(2)3/h10-11,14,16-18,23,28H,5-9,12-13,15,27H2,1-4H3. The number of nitrogens with one attached hydrogen (secondary N) is 1. The van der Waals surface area contributed by atoms with Crippen molar-refractivity contribution in [3.8, 4) is 5.75 Å². The molecule has 0 aromatic heterocycles. The Hall–Kier alpha value is -2.72. The molecular formula is C25H38ClN5O5. The maximum atomic E-state index is 13.5. The number of rotatable bonds is 10. The summed E-state index contributed by atoms with van der Waals surface area (Å²) in [5.41, 5.74) is 0.583. The molecule has 1 atom stereocenters. The minimum atomic E-state index is -0.920. The second kappa shape index (κ2) is 12.5. The third kappa shape index (κ3) is 6.94. The van der Waals surface area contributed by atoms with E-state index in [2.05, 4.69) is 12.2 Å². The zero-order valence-corrected chi connectivity index (χ0v) is 22.3. The molecule has 1 saturated carbocycles. The lowest BCUT2D eigenvalue weighted by molar-refractivity contribution is -0.143. The summed E-state index contributed by atoms with van der Waals surface area (Å²) in [6.07, 6.45) is 3.11. The van der Waals surface area contributed by atoms with E-state index < -0.39 is 24.3 Å². The summed E-state index contributed by atoms with van der Waals surface area (Å²) in [6, 6.07) is 3.99. The zero-order valence-electron chi connectivity index (χ0n) is 21.5. The van der Waals surface area contributed by atoms with Gasteiger partial charge in [-0.25, -0.2) is 25.3 Å². The fourth-order valence-electron chi connectivity index (χ4n) is 4.57. The molecule has 1 unspecified atom stereocenters. The molecule has 0 spiro atoms. The quantitative estimate of drug-likeness (QED) is 0.260. The number of benzene rings is 1. The summed E-state index contributed by atoms with van der Waals surface area (Å²) in [5, 5.41) is 4.58. The molecule has 1 aromatic carbocycles. The number of esters is 1. The lowest BCUT2D eigenvalue weighted by atomic mass is 9.83. The Kier molecular flexibility index (Phi) is 9.67. The smallest absolute Gasteiger partial charge is 0.345 e. The minimum absolute atomic E-state index is 0.0382. The summed E-state index contributed by atoms with van der Waals surface area (Å²) in [5.74, 6) is 7.26. The second-order valence-electron chi connectivity index (χ2n) is 9.79. The van der Waals surface area contributed by atoms with Gasteiger partial charge >= 0.3 is 18.0 Å². The van der Waals surface area contributed by atoms with Crippen LogP contribution < -0.4 is 15.9 Å². The number of carbonyl (C=O) groups is 3. The zero-order chi connectivity index (χ0) is 26.4. The average Bonchev–Trinajstić information content (AvgIpc) is 2.82. The fourth-order valence-corrected chi connectivity index (χ4v) is 4.79. The Labute approximate surface area is 218 Å². The van der Waals surface area contributed by atoms with E-state index in [-0.39, 0.29) is 31.6 Å². The van der Waals surface area contributed by atoms with Gasteiger partial charge in [0.1, 0.15) is 5.75 Å². The predicted molar refractivity (Wildman–Crippen MR) is 137 cm³/mol. The highest BCUT2D eigenvalue weighted by Gasteiger charge is 2.44. The van der Waals surface area contributed by atoms with Gasteiger partial charge in [0.15, 0.2) is 6.29 Å². The lowest BCUT2D eigenvalue weighted by Crippen LogP contribution is -2.71. The summed E-state index contributed by atoms with van der Waals surface area (Å²) in [7, 11) is 0. The summed E-state index contributed by atoms with van der Waals surface area (Å²) in [4.78, 5) is 41.1. The molecule has 1 saturated heterocycles. The van der Waals surface area contributed by atoms with Gasteiger partial charge in [0.05, 0.1) is 24.2 Å². The largest absolute Gasteiger partial charge is 0.489 e. The molecular weight excluding hydrogens is 486 g/mol. The normalized spacial score (nSPS) is 22.8. The number of hydrazine groups is 1. The Morgan fingerprint density at radius 1 is 1.19 bits per heavy atom. The van der Waals surface area contributed by atoms with Crippen LogP contribution in [0.15, 0.2) is 18.2 Å². The van der Waals surface area contributed by atoms with E-state index in [0.29, 0.717) is 28.9 Å². The Bertz CT molecular complexity index is 937. The van der Waals surface area contributed by atoms with Crippen molar-refractivity contribution in [3.63, 3.8) is 0 Å². The van der Waals surface area contributed by atoms with Gasteiger partial charge in [-0.2, -0.15) is 0 Å². The van der Waals surface area contributed by atoms with Crippen LogP contribution in [0, 0.1) is 11.8 Å². The number of ether oxygens (including phenoxy) is 2. The van der Waals surface area contributed by atoms with Gasteiger partial charge in [-0.3, -0.25) is 9.69 Å². The van der Waals surface area contributed by atoms with Crippen molar-refractivity contribution in [1.29, 1.82) is 0 Å². The number of urea groups is 2. The van der Waals surface area contributed by atoms with Crippen molar-refractivity contribution in [1.82, 2.24) is 14.8 Å². The number of carbonyl (C=O) groups excluding carboxylic acids is 3. The van der Waals surface area contributed by atoms with E-state index in [4.69, 9.17) is 26.9 Å². The van der Waals surface area contributed by atoms with Gasteiger partial charge in [-0.1, -0.05) is 31.4 Å². The average molecular weight is 524 g/mol. The number of hydrogen-bond acceptors (Lipinski definition) is 7. The molecule has 3 rings (SSSR count). The van der Waals surface area contributed by atoms with E-state index in [1.54, 1.807) is 30.0 Å². The number of halogens is 1. The van der Waals surface area contributed by atoms with Crippen LogP contribution in [0.5, 0.6) is 5.75 Å². The van der Waals surface area contributed by atoms with Gasteiger partial charge < -0.3 is 14.8 Å². The van der Waals surface area contributed by atoms with Crippen LogP contribution in [0.3, 0.4) is 0 Å². The molecule has 4 amide bonds. The van der Waals surface area contributed by atoms with Crippen LogP contribution >= 0.6 is 11.6 Å². The molecule has 1 aliphatic heterocycles. The lowest BCUT2D eigenvalue weighted by Gasteiger charge is -2.46. The van der Waals surface area contributed by atoms with Crippen LogP contribution in [0.25, 0.3) is 0 Å². The number of amides is 4. The monoisotopic (exact) mass is 523 g/mol. The molecule has 1 aromatic rings. The first kappa shape index (κ1) is 27.9. The van der Waals surface area contributed by atoms with Gasteiger partial charge in [-0.15, -0.1) is 0 Å². The molecule has 200 valence electrons. The molecule has 10 nitrogen and oxygen atoms in total. The highest BCUT2D eigenvalue weighted by Crippen LogP contribution is 2.32. The first-order valence-electron chi connectivity index (χ1n) is 12.6. The molecule has 0 radical (unpaired) electrons. The molecule has 0 bridgehead atoms. The van der Waals surface area contributed by atoms with Crippen LogP contribution in [0.4, 0.5) is 15.3 Å². The van der Waals surface area contributed by atoms with Crippen molar-refractivity contribution in [2.45, 2.75) is 72.2 Å². The summed E-state index contributed by atoms with van der Waals surface area (Å²) in [6.45, 7) is 8.31.